The normalized spacial score (nSPS) is 9.92. The summed E-state index contributed by atoms with van der Waals surface area (Å²) < 4.78 is 10.1. The molecule has 0 radical (unpaired) electrons. The van der Waals surface area contributed by atoms with Crippen molar-refractivity contribution in [3.63, 3.8) is 0 Å². The summed E-state index contributed by atoms with van der Waals surface area (Å²) in [5, 5.41) is 16.9. The fourth-order valence-corrected chi connectivity index (χ4v) is 2.35. The number of nitrogens with one attached hydrogen (secondary N) is 2. The van der Waals surface area contributed by atoms with E-state index in [4.69, 9.17) is 21.7 Å². The molecule has 0 heterocycles. The van der Waals surface area contributed by atoms with Gasteiger partial charge in [-0.15, -0.1) is 0 Å². The van der Waals surface area contributed by atoms with Crippen LogP contribution in [0.25, 0.3) is 0 Å². The Labute approximate surface area is 155 Å². The monoisotopic (exact) mass is 375 g/mol. The molecule has 2 aromatic carbocycles. The molecule has 26 heavy (non-hydrogen) atoms. The number of methoxy groups -OCH3 is 1. The average Bonchev–Trinajstić information content (AvgIpc) is 2.62. The topological polar surface area (TPSA) is 103 Å². The van der Waals surface area contributed by atoms with Crippen molar-refractivity contribution < 1.29 is 19.2 Å². The predicted octanol–water partition coefficient (Wildman–Crippen LogP) is 3.59. The lowest BCUT2D eigenvalue weighted by Crippen LogP contribution is -2.19. The van der Waals surface area contributed by atoms with E-state index < -0.39 is 10.9 Å². The lowest BCUT2D eigenvalue weighted by molar-refractivity contribution is -0.384. The number of hydrogen-bond acceptors (Lipinski definition) is 6. The minimum atomic E-state index is -0.510. The Balaban J connectivity index is 2.11. The number of anilines is 2. The number of non-ortho nitro benzene ring substituents is 1. The van der Waals surface area contributed by atoms with Gasteiger partial charge in [-0.3, -0.25) is 10.1 Å². The number of nitrogens with zero attached hydrogens (tertiary/aromatic N) is 1. The Morgan fingerprint density at radius 3 is 2.65 bits per heavy atom. The largest absolute Gasteiger partial charge is 0.494 e. The van der Waals surface area contributed by atoms with E-state index in [0.717, 1.165) is 0 Å². The summed E-state index contributed by atoms with van der Waals surface area (Å²) in [4.78, 5) is 22.1. The molecule has 0 amide bonds. The minimum Gasteiger partial charge on any atom is -0.494 e. The maximum atomic E-state index is 11.8. The summed E-state index contributed by atoms with van der Waals surface area (Å²) in [6, 6.07) is 10.8. The van der Waals surface area contributed by atoms with Crippen LogP contribution in [0.3, 0.4) is 0 Å². The standard InChI is InChI=1S/C17H17N3O5S/c1-3-25-16(21)11-5-4-6-12(9-11)18-17(26)19-14-8-7-13(20(22)23)10-15(14)24-2/h4-10H,3H2,1-2H3,(H2,18,19,26). The first-order chi connectivity index (χ1) is 12.4. The smallest absolute Gasteiger partial charge is 0.338 e. The fourth-order valence-electron chi connectivity index (χ4n) is 2.12. The molecule has 0 saturated carbocycles. The van der Waals surface area contributed by atoms with Gasteiger partial charge in [0.2, 0.25) is 0 Å². The highest BCUT2D eigenvalue weighted by Crippen LogP contribution is 2.29. The molecule has 0 spiro atoms. The summed E-state index contributed by atoms with van der Waals surface area (Å²) in [5.41, 5.74) is 1.37. The Morgan fingerprint density at radius 1 is 1.23 bits per heavy atom. The van der Waals surface area contributed by atoms with Gasteiger partial charge in [-0.25, -0.2) is 4.79 Å². The lowest BCUT2D eigenvalue weighted by atomic mass is 10.2. The third kappa shape index (κ3) is 4.90. The minimum absolute atomic E-state index is 0.0894. The molecule has 0 bridgehead atoms. The second-order valence-corrected chi connectivity index (χ2v) is 5.43. The van der Waals surface area contributed by atoms with Crippen LogP contribution in [0.4, 0.5) is 17.1 Å². The number of rotatable bonds is 6. The van der Waals surface area contributed by atoms with Gasteiger partial charge in [0.25, 0.3) is 5.69 Å². The molecule has 0 saturated heterocycles. The number of hydrogen-bond donors (Lipinski definition) is 2. The highest BCUT2D eigenvalue weighted by Gasteiger charge is 2.13. The highest BCUT2D eigenvalue weighted by atomic mass is 32.1. The Bertz CT molecular complexity index is 841. The van der Waals surface area contributed by atoms with E-state index in [1.807, 2.05) is 0 Å². The van der Waals surface area contributed by atoms with Crippen LogP contribution in [0.1, 0.15) is 17.3 Å². The first-order valence-corrected chi connectivity index (χ1v) is 8.03. The van der Waals surface area contributed by atoms with Gasteiger partial charge in [-0.05, 0) is 43.4 Å². The lowest BCUT2D eigenvalue weighted by Gasteiger charge is -2.13. The van der Waals surface area contributed by atoms with Gasteiger partial charge in [-0.1, -0.05) is 6.07 Å². The number of ether oxygens (including phenoxy) is 2. The van der Waals surface area contributed by atoms with Crippen LogP contribution in [0, 0.1) is 10.1 Å². The summed E-state index contributed by atoms with van der Waals surface area (Å²) in [6.45, 7) is 2.02. The molecule has 0 unspecified atom stereocenters. The van der Waals surface area contributed by atoms with Crippen molar-refractivity contribution in [1.29, 1.82) is 0 Å². The van der Waals surface area contributed by atoms with Crippen molar-refractivity contribution in [2.75, 3.05) is 24.4 Å². The van der Waals surface area contributed by atoms with Crippen molar-refractivity contribution in [2.45, 2.75) is 6.92 Å². The quantitative estimate of drug-likeness (QED) is 0.342. The Kier molecular flexibility index (Phi) is 6.45. The third-order valence-corrected chi connectivity index (χ3v) is 3.48. The molecule has 0 fully saturated rings. The molecule has 0 atom stereocenters. The Morgan fingerprint density at radius 2 is 2.00 bits per heavy atom. The van der Waals surface area contributed by atoms with E-state index in [0.29, 0.717) is 16.9 Å². The Hall–Kier alpha value is -3.20. The summed E-state index contributed by atoms with van der Waals surface area (Å²) >= 11 is 5.24. The van der Waals surface area contributed by atoms with Crippen LogP contribution in [0.15, 0.2) is 42.5 Å². The van der Waals surface area contributed by atoms with E-state index in [1.165, 1.54) is 25.3 Å². The van der Waals surface area contributed by atoms with Gasteiger partial charge in [0, 0.05) is 11.8 Å². The zero-order valence-electron chi connectivity index (χ0n) is 14.1. The number of carbonyl (C=O) groups excluding carboxylic acids is 1. The SMILES string of the molecule is CCOC(=O)c1cccc(NC(=S)Nc2ccc([N+](=O)[O-])cc2OC)c1. The summed E-state index contributed by atoms with van der Waals surface area (Å²) in [6.07, 6.45) is 0. The van der Waals surface area contributed by atoms with E-state index in [9.17, 15) is 14.9 Å². The van der Waals surface area contributed by atoms with Crippen LogP contribution in [-0.4, -0.2) is 29.7 Å². The molecule has 136 valence electrons. The van der Waals surface area contributed by atoms with Crippen molar-refractivity contribution in [3.8, 4) is 5.75 Å². The first-order valence-electron chi connectivity index (χ1n) is 7.62. The van der Waals surface area contributed by atoms with Crippen molar-refractivity contribution in [2.24, 2.45) is 0 Å². The van der Waals surface area contributed by atoms with Gasteiger partial charge in [-0.2, -0.15) is 0 Å². The summed E-state index contributed by atoms with van der Waals surface area (Å²) in [5.74, 6) is -0.143. The number of carbonyl (C=O) groups is 1. The van der Waals surface area contributed by atoms with E-state index in [-0.39, 0.29) is 23.2 Å². The zero-order chi connectivity index (χ0) is 19.1. The molecule has 0 aliphatic heterocycles. The molecule has 0 aliphatic carbocycles. The molecule has 2 rings (SSSR count). The van der Waals surface area contributed by atoms with E-state index >= 15 is 0 Å². The van der Waals surface area contributed by atoms with Crippen LogP contribution in [0.2, 0.25) is 0 Å². The van der Waals surface area contributed by atoms with E-state index in [1.54, 1.807) is 31.2 Å². The van der Waals surface area contributed by atoms with Crippen molar-refractivity contribution in [3.05, 3.63) is 58.1 Å². The van der Waals surface area contributed by atoms with Gasteiger partial charge in [0.1, 0.15) is 5.75 Å². The van der Waals surface area contributed by atoms with Gasteiger partial charge in [0.15, 0.2) is 5.11 Å². The van der Waals surface area contributed by atoms with Crippen molar-refractivity contribution >= 4 is 40.4 Å². The molecule has 2 N–H and O–H groups in total. The maximum absolute atomic E-state index is 11.8. The van der Waals surface area contributed by atoms with Gasteiger partial charge in [0.05, 0.1) is 36.0 Å². The van der Waals surface area contributed by atoms with Crippen LogP contribution in [0.5, 0.6) is 5.75 Å². The van der Waals surface area contributed by atoms with Gasteiger partial charge >= 0.3 is 5.97 Å². The number of thiocarbonyl (C=S) groups is 1. The molecule has 2 aromatic rings. The summed E-state index contributed by atoms with van der Waals surface area (Å²) in [7, 11) is 1.41. The maximum Gasteiger partial charge on any atom is 0.338 e. The third-order valence-electron chi connectivity index (χ3n) is 3.28. The zero-order valence-corrected chi connectivity index (χ0v) is 15.0. The second-order valence-electron chi connectivity index (χ2n) is 5.02. The number of esters is 1. The second kappa shape index (κ2) is 8.77. The number of nitro benzene ring substituents is 1. The van der Waals surface area contributed by atoms with Gasteiger partial charge < -0.3 is 20.1 Å². The molecule has 0 aliphatic rings. The van der Waals surface area contributed by atoms with Crippen LogP contribution in [-0.2, 0) is 4.74 Å². The number of benzene rings is 2. The van der Waals surface area contributed by atoms with E-state index in [2.05, 4.69) is 10.6 Å². The average molecular weight is 375 g/mol. The van der Waals surface area contributed by atoms with Crippen LogP contribution >= 0.6 is 12.2 Å². The van der Waals surface area contributed by atoms with Crippen LogP contribution < -0.4 is 15.4 Å². The molecule has 9 heteroatoms. The highest BCUT2D eigenvalue weighted by molar-refractivity contribution is 7.80. The first kappa shape index (κ1) is 19.1. The molecule has 0 aromatic heterocycles. The molecular formula is C17H17N3O5S. The predicted molar refractivity (Wildman–Crippen MR) is 102 cm³/mol. The number of nitro groups is 1. The van der Waals surface area contributed by atoms with Crippen molar-refractivity contribution in [1.82, 2.24) is 0 Å². The molecule has 8 nitrogen and oxygen atoms in total. The fraction of sp³-hybridized carbons (Fsp3) is 0.176. The molecular weight excluding hydrogens is 358 g/mol.